The molecule has 1 aromatic rings. The summed E-state index contributed by atoms with van der Waals surface area (Å²) in [5, 5.41) is 4.48. The zero-order chi connectivity index (χ0) is 12.0. The zero-order valence-electron chi connectivity index (χ0n) is 10.6. The molecule has 0 aliphatic carbocycles. The molecule has 4 heteroatoms. The fourth-order valence-corrected chi connectivity index (χ4v) is 1.65. The Bertz CT molecular complexity index is 309. The molecule has 4 nitrogen and oxygen atoms in total. The van der Waals surface area contributed by atoms with Gasteiger partial charge in [-0.25, -0.2) is 0 Å². The van der Waals surface area contributed by atoms with Gasteiger partial charge < -0.3 is 10.5 Å². The van der Waals surface area contributed by atoms with Crippen molar-refractivity contribution in [3.63, 3.8) is 0 Å². The first-order chi connectivity index (χ1) is 7.72. The molecule has 2 N–H and O–H groups in total. The van der Waals surface area contributed by atoms with E-state index in [1.54, 1.807) is 0 Å². The zero-order valence-corrected chi connectivity index (χ0v) is 10.6. The summed E-state index contributed by atoms with van der Waals surface area (Å²) >= 11 is 0. The van der Waals surface area contributed by atoms with E-state index in [2.05, 4.69) is 31.9 Å². The Morgan fingerprint density at radius 1 is 1.44 bits per heavy atom. The molecule has 0 aliphatic rings. The van der Waals surface area contributed by atoms with Crippen LogP contribution in [-0.4, -0.2) is 23.0 Å². The van der Waals surface area contributed by atoms with Crippen molar-refractivity contribution in [1.82, 2.24) is 9.78 Å². The van der Waals surface area contributed by atoms with Gasteiger partial charge in [-0.2, -0.15) is 5.10 Å². The number of aryl methyl sites for hydroxylation is 2. The molecule has 0 spiro atoms. The van der Waals surface area contributed by atoms with Gasteiger partial charge in [0, 0.05) is 13.2 Å². The van der Waals surface area contributed by atoms with E-state index in [0.29, 0.717) is 6.61 Å². The van der Waals surface area contributed by atoms with Crippen LogP contribution in [0.15, 0.2) is 6.07 Å². The summed E-state index contributed by atoms with van der Waals surface area (Å²) in [5.74, 6) is 0. The summed E-state index contributed by atoms with van der Waals surface area (Å²) < 4.78 is 7.45. The Hall–Kier alpha value is -0.870. The van der Waals surface area contributed by atoms with E-state index in [1.165, 1.54) is 0 Å². The van der Waals surface area contributed by atoms with E-state index >= 15 is 0 Å². The number of hydrogen-bond acceptors (Lipinski definition) is 3. The van der Waals surface area contributed by atoms with Crippen LogP contribution in [0.1, 0.15) is 44.6 Å². The van der Waals surface area contributed by atoms with Gasteiger partial charge in [0.15, 0.2) is 0 Å². The Morgan fingerprint density at radius 2 is 2.19 bits per heavy atom. The molecule has 0 amide bonds. The number of aromatic nitrogens is 2. The standard InChI is InChI=1S/C12H23N3O/c1-4-7-16-9-11(13)12-8-10(5-2)14-15(12)6-3/h8,11H,4-7,9,13H2,1-3H3. The molecule has 0 aliphatic heterocycles. The van der Waals surface area contributed by atoms with Crippen molar-refractivity contribution in [2.75, 3.05) is 13.2 Å². The lowest BCUT2D eigenvalue weighted by molar-refractivity contribution is 0.119. The van der Waals surface area contributed by atoms with Crippen LogP contribution in [0.4, 0.5) is 0 Å². The van der Waals surface area contributed by atoms with E-state index in [1.807, 2.05) is 4.68 Å². The normalized spacial score (nSPS) is 13.0. The Balaban J connectivity index is 2.65. The van der Waals surface area contributed by atoms with Crippen LogP contribution in [0.2, 0.25) is 0 Å². The van der Waals surface area contributed by atoms with Gasteiger partial charge in [0.05, 0.1) is 24.0 Å². The van der Waals surface area contributed by atoms with Crippen molar-refractivity contribution in [2.24, 2.45) is 5.73 Å². The highest BCUT2D eigenvalue weighted by molar-refractivity contribution is 5.14. The lowest BCUT2D eigenvalue weighted by atomic mass is 10.2. The maximum absolute atomic E-state index is 6.09. The smallest absolute Gasteiger partial charge is 0.0704 e. The van der Waals surface area contributed by atoms with Crippen molar-refractivity contribution in [3.8, 4) is 0 Å². The summed E-state index contributed by atoms with van der Waals surface area (Å²) in [7, 11) is 0. The first kappa shape index (κ1) is 13.2. The third kappa shape index (κ3) is 3.32. The predicted molar refractivity (Wildman–Crippen MR) is 65.3 cm³/mol. The quantitative estimate of drug-likeness (QED) is 0.721. The second-order valence-corrected chi connectivity index (χ2v) is 3.91. The molecule has 1 atom stereocenters. The SMILES string of the molecule is CCCOCC(N)c1cc(CC)nn1CC. The van der Waals surface area contributed by atoms with Crippen LogP contribution in [0.3, 0.4) is 0 Å². The maximum atomic E-state index is 6.09. The third-order valence-electron chi connectivity index (χ3n) is 2.55. The molecule has 0 radical (unpaired) electrons. The van der Waals surface area contributed by atoms with Gasteiger partial charge in [-0.3, -0.25) is 4.68 Å². The first-order valence-corrected chi connectivity index (χ1v) is 6.12. The van der Waals surface area contributed by atoms with Crippen molar-refractivity contribution in [1.29, 1.82) is 0 Å². The minimum atomic E-state index is -0.0701. The fourth-order valence-electron chi connectivity index (χ4n) is 1.65. The highest BCUT2D eigenvalue weighted by Gasteiger charge is 2.13. The van der Waals surface area contributed by atoms with Crippen LogP contribution in [0, 0.1) is 0 Å². The Morgan fingerprint density at radius 3 is 2.75 bits per heavy atom. The van der Waals surface area contributed by atoms with Gasteiger partial charge in [-0.15, -0.1) is 0 Å². The first-order valence-electron chi connectivity index (χ1n) is 6.12. The van der Waals surface area contributed by atoms with E-state index in [4.69, 9.17) is 10.5 Å². The van der Waals surface area contributed by atoms with E-state index in [0.717, 1.165) is 37.4 Å². The summed E-state index contributed by atoms with van der Waals surface area (Å²) in [6.45, 7) is 8.48. The largest absolute Gasteiger partial charge is 0.379 e. The van der Waals surface area contributed by atoms with Crippen LogP contribution < -0.4 is 5.73 Å². The van der Waals surface area contributed by atoms with Crippen LogP contribution in [-0.2, 0) is 17.7 Å². The van der Waals surface area contributed by atoms with Crippen LogP contribution >= 0.6 is 0 Å². The maximum Gasteiger partial charge on any atom is 0.0704 e. The second kappa shape index (κ2) is 6.66. The lowest BCUT2D eigenvalue weighted by Crippen LogP contribution is -2.21. The van der Waals surface area contributed by atoms with Gasteiger partial charge >= 0.3 is 0 Å². The summed E-state index contributed by atoms with van der Waals surface area (Å²) in [6.07, 6.45) is 1.97. The van der Waals surface area contributed by atoms with E-state index < -0.39 is 0 Å². The monoisotopic (exact) mass is 225 g/mol. The number of nitrogens with two attached hydrogens (primary N) is 1. The number of hydrogen-bond donors (Lipinski definition) is 1. The molecule has 1 heterocycles. The van der Waals surface area contributed by atoms with Gasteiger partial charge in [0.2, 0.25) is 0 Å². The highest BCUT2D eigenvalue weighted by Crippen LogP contribution is 2.13. The van der Waals surface area contributed by atoms with Crippen molar-refractivity contribution in [3.05, 3.63) is 17.5 Å². The molecule has 0 saturated heterocycles. The minimum absolute atomic E-state index is 0.0701. The average Bonchev–Trinajstić information content (AvgIpc) is 2.72. The highest BCUT2D eigenvalue weighted by atomic mass is 16.5. The molecular formula is C12H23N3O. The minimum Gasteiger partial charge on any atom is -0.379 e. The van der Waals surface area contributed by atoms with Gasteiger partial charge in [0.25, 0.3) is 0 Å². The van der Waals surface area contributed by atoms with Gasteiger partial charge in [-0.1, -0.05) is 13.8 Å². The third-order valence-corrected chi connectivity index (χ3v) is 2.55. The summed E-state index contributed by atoms with van der Waals surface area (Å²) in [4.78, 5) is 0. The van der Waals surface area contributed by atoms with Crippen LogP contribution in [0.5, 0.6) is 0 Å². The molecule has 1 unspecified atom stereocenters. The fraction of sp³-hybridized carbons (Fsp3) is 0.750. The molecule has 0 saturated carbocycles. The molecule has 16 heavy (non-hydrogen) atoms. The molecule has 1 rings (SSSR count). The van der Waals surface area contributed by atoms with E-state index in [-0.39, 0.29) is 6.04 Å². The molecule has 0 aromatic carbocycles. The topological polar surface area (TPSA) is 53.1 Å². The summed E-state index contributed by atoms with van der Waals surface area (Å²) in [5.41, 5.74) is 8.27. The van der Waals surface area contributed by atoms with Gasteiger partial charge in [-0.05, 0) is 25.8 Å². The predicted octanol–water partition coefficient (Wildman–Crippen LogP) is 1.89. The average molecular weight is 225 g/mol. The Kier molecular flexibility index (Phi) is 5.49. The van der Waals surface area contributed by atoms with Crippen molar-refractivity contribution >= 4 is 0 Å². The molecular weight excluding hydrogens is 202 g/mol. The van der Waals surface area contributed by atoms with Crippen molar-refractivity contribution in [2.45, 2.75) is 46.2 Å². The molecule has 0 bridgehead atoms. The second-order valence-electron chi connectivity index (χ2n) is 3.91. The van der Waals surface area contributed by atoms with Crippen molar-refractivity contribution < 1.29 is 4.74 Å². The van der Waals surface area contributed by atoms with Crippen LogP contribution in [0.25, 0.3) is 0 Å². The molecule has 92 valence electrons. The van der Waals surface area contributed by atoms with E-state index in [9.17, 15) is 0 Å². The number of nitrogens with zero attached hydrogens (tertiary/aromatic N) is 2. The number of ether oxygens (including phenoxy) is 1. The van der Waals surface area contributed by atoms with Gasteiger partial charge in [0.1, 0.15) is 0 Å². The lowest BCUT2D eigenvalue weighted by Gasteiger charge is -2.13. The molecule has 1 aromatic heterocycles. The molecule has 0 fully saturated rings. The Labute approximate surface area is 97.8 Å². The summed E-state index contributed by atoms with van der Waals surface area (Å²) in [6, 6.07) is 2.02. The number of rotatable bonds is 7.